The summed E-state index contributed by atoms with van der Waals surface area (Å²) >= 11 is 3.15. The van der Waals surface area contributed by atoms with Crippen LogP contribution in [-0.4, -0.2) is 36.0 Å². The average molecular weight is 490 g/mol. The molecule has 2 aromatic heterocycles. The zero-order valence-electron chi connectivity index (χ0n) is 19.2. The Bertz CT molecular complexity index is 1210. The van der Waals surface area contributed by atoms with E-state index < -0.39 is 0 Å². The van der Waals surface area contributed by atoms with Crippen LogP contribution < -0.4 is 15.5 Å². The predicted molar refractivity (Wildman–Crippen MR) is 142 cm³/mol. The van der Waals surface area contributed by atoms with E-state index in [1.165, 1.54) is 5.69 Å². The standard InChI is InChI=1S/C26H27N5OS2/c1-19-12-13-21(33-24-18-29-26(34-24)30-23-11-6-7-14-27-23)17-22(19)25(32)28-15-8-16-31(2)20-9-4-3-5-10-20/h3-7,9-14,17-18H,8,15-16H2,1-2H3,(H,28,32)(H,27,29,30). The Labute approximate surface area is 208 Å². The van der Waals surface area contributed by atoms with Crippen LogP contribution in [0.3, 0.4) is 0 Å². The van der Waals surface area contributed by atoms with Crippen molar-refractivity contribution < 1.29 is 4.79 Å². The van der Waals surface area contributed by atoms with E-state index in [1.54, 1.807) is 29.3 Å². The van der Waals surface area contributed by atoms with Crippen LogP contribution in [0.5, 0.6) is 0 Å². The van der Waals surface area contributed by atoms with E-state index in [9.17, 15) is 4.79 Å². The number of aromatic nitrogens is 2. The maximum Gasteiger partial charge on any atom is 0.251 e. The van der Waals surface area contributed by atoms with Gasteiger partial charge in [-0.1, -0.05) is 53.4 Å². The first-order valence-electron chi connectivity index (χ1n) is 11.1. The third-order valence-corrected chi connectivity index (χ3v) is 7.21. The first-order chi connectivity index (χ1) is 16.6. The van der Waals surface area contributed by atoms with Crippen molar-refractivity contribution in [2.75, 3.05) is 30.4 Å². The van der Waals surface area contributed by atoms with E-state index >= 15 is 0 Å². The van der Waals surface area contributed by atoms with Crippen LogP contribution in [0.1, 0.15) is 22.3 Å². The van der Waals surface area contributed by atoms with Crippen LogP contribution in [0, 0.1) is 6.92 Å². The number of anilines is 3. The molecule has 0 aliphatic carbocycles. The maximum atomic E-state index is 12.8. The van der Waals surface area contributed by atoms with Crippen molar-refractivity contribution >= 4 is 45.6 Å². The molecule has 4 aromatic rings. The lowest BCUT2D eigenvalue weighted by Gasteiger charge is -2.19. The summed E-state index contributed by atoms with van der Waals surface area (Å²) in [5.74, 6) is 0.724. The Hall–Kier alpha value is -3.36. The Balaban J connectivity index is 1.30. The van der Waals surface area contributed by atoms with Crippen molar-refractivity contribution in [1.82, 2.24) is 15.3 Å². The van der Waals surface area contributed by atoms with Crippen LogP contribution in [-0.2, 0) is 0 Å². The molecule has 34 heavy (non-hydrogen) atoms. The number of aryl methyl sites for hydroxylation is 1. The van der Waals surface area contributed by atoms with Gasteiger partial charge in [0.05, 0.1) is 10.4 Å². The number of thiazole rings is 1. The molecule has 0 aliphatic heterocycles. The molecule has 6 nitrogen and oxygen atoms in total. The van der Waals surface area contributed by atoms with Crippen molar-refractivity contribution in [3.63, 3.8) is 0 Å². The van der Waals surface area contributed by atoms with Crippen molar-refractivity contribution in [2.24, 2.45) is 0 Å². The van der Waals surface area contributed by atoms with Gasteiger partial charge in [0.25, 0.3) is 5.91 Å². The first kappa shape index (κ1) is 23.8. The fourth-order valence-electron chi connectivity index (χ4n) is 3.36. The van der Waals surface area contributed by atoms with Gasteiger partial charge in [-0.15, -0.1) is 0 Å². The van der Waals surface area contributed by atoms with Gasteiger partial charge in [0.2, 0.25) is 0 Å². The summed E-state index contributed by atoms with van der Waals surface area (Å²) < 4.78 is 1.04. The lowest BCUT2D eigenvalue weighted by Crippen LogP contribution is -2.28. The second-order valence-electron chi connectivity index (χ2n) is 7.77. The maximum absolute atomic E-state index is 12.8. The van der Waals surface area contributed by atoms with Gasteiger partial charge in [0, 0.05) is 42.5 Å². The van der Waals surface area contributed by atoms with Gasteiger partial charge in [0.15, 0.2) is 5.13 Å². The number of nitrogens with zero attached hydrogens (tertiary/aromatic N) is 3. The number of benzene rings is 2. The van der Waals surface area contributed by atoms with Gasteiger partial charge in [-0.05, 0) is 55.3 Å². The monoisotopic (exact) mass is 489 g/mol. The Morgan fingerprint density at radius 1 is 1.06 bits per heavy atom. The van der Waals surface area contributed by atoms with Gasteiger partial charge in [-0.2, -0.15) is 0 Å². The lowest BCUT2D eigenvalue weighted by atomic mass is 10.1. The second kappa shape index (κ2) is 11.7. The van der Waals surface area contributed by atoms with E-state index in [2.05, 4.69) is 44.7 Å². The Kier molecular flexibility index (Phi) is 8.17. The molecule has 0 saturated heterocycles. The molecule has 4 rings (SSSR count). The van der Waals surface area contributed by atoms with Crippen molar-refractivity contribution in [1.29, 1.82) is 0 Å². The molecule has 8 heteroatoms. The van der Waals surface area contributed by atoms with E-state index in [0.29, 0.717) is 12.1 Å². The Morgan fingerprint density at radius 2 is 1.88 bits per heavy atom. The fraction of sp³-hybridized carbons (Fsp3) is 0.192. The summed E-state index contributed by atoms with van der Waals surface area (Å²) in [5.41, 5.74) is 2.85. The van der Waals surface area contributed by atoms with Gasteiger partial charge >= 0.3 is 0 Å². The molecule has 2 aromatic carbocycles. The van der Waals surface area contributed by atoms with Crippen LogP contribution in [0.4, 0.5) is 16.6 Å². The highest BCUT2D eigenvalue weighted by Crippen LogP contribution is 2.35. The highest BCUT2D eigenvalue weighted by molar-refractivity contribution is 8.01. The number of nitrogens with one attached hydrogen (secondary N) is 2. The number of rotatable bonds is 10. The minimum absolute atomic E-state index is 0.0378. The molecule has 0 aliphatic rings. The van der Waals surface area contributed by atoms with Crippen LogP contribution in [0.2, 0.25) is 0 Å². The summed E-state index contributed by atoms with van der Waals surface area (Å²) in [5, 5.41) is 7.06. The minimum atomic E-state index is -0.0378. The van der Waals surface area contributed by atoms with Crippen molar-refractivity contribution in [3.05, 3.63) is 90.3 Å². The fourth-order valence-corrected chi connectivity index (χ4v) is 5.26. The summed E-state index contributed by atoms with van der Waals surface area (Å²) in [6.07, 6.45) is 4.45. The average Bonchev–Trinajstić information content (AvgIpc) is 3.30. The Morgan fingerprint density at radius 3 is 2.68 bits per heavy atom. The zero-order valence-corrected chi connectivity index (χ0v) is 20.8. The van der Waals surface area contributed by atoms with E-state index in [4.69, 9.17) is 0 Å². The first-order valence-corrected chi connectivity index (χ1v) is 12.7. The number of carbonyl (C=O) groups excluding carboxylic acids is 1. The van der Waals surface area contributed by atoms with E-state index in [-0.39, 0.29) is 5.91 Å². The topological polar surface area (TPSA) is 70.1 Å². The zero-order chi connectivity index (χ0) is 23.8. The molecule has 0 radical (unpaired) electrons. The molecule has 0 spiro atoms. The van der Waals surface area contributed by atoms with Gasteiger partial charge in [-0.25, -0.2) is 9.97 Å². The number of pyridine rings is 1. The third kappa shape index (κ3) is 6.59. The van der Waals surface area contributed by atoms with E-state index in [0.717, 1.165) is 38.6 Å². The number of hydrogen-bond donors (Lipinski definition) is 2. The molecular formula is C26H27N5OS2. The molecule has 0 saturated carbocycles. The summed E-state index contributed by atoms with van der Waals surface area (Å²) in [4.78, 5) is 24.7. The van der Waals surface area contributed by atoms with Crippen molar-refractivity contribution in [3.8, 4) is 0 Å². The number of carbonyl (C=O) groups is 1. The summed E-state index contributed by atoms with van der Waals surface area (Å²) in [7, 11) is 2.07. The summed E-state index contributed by atoms with van der Waals surface area (Å²) in [6, 6.07) is 22.0. The predicted octanol–water partition coefficient (Wildman–Crippen LogP) is 6.00. The van der Waals surface area contributed by atoms with Crippen LogP contribution in [0.25, 0.3) is 0 Å². The van der Waals surface area contributed by atoms with Crippen LogP contribution >= 0.6 is 23.1 Å². The molecular weight excluding hydrogens is 462 g/mol. The molecule has 1 amide bonds. The highest BCUT2D eigenvalue weighted by atomic mass is 32.2. The van der Waals surface area contributed by atoms with Gasteiger partial charge < -0.3 is 15.5 Å². The molecule has 0 unspecified atom stereocenters. The van der Waals surface area contributed by atoms with E-state index in [1.807, 2.05) is 67.7 Å². The highest BCUT2D eigenvalue weighted by Gasteiger charge is 2.12. The SMILES string of the molecule is Cc1ccc(Sc2cnc(Nc3ccccn3)s2)cc1C(=O)NCCCN(C)c1ccccc1. The molecule has 174 valence electrons. The lowest BCUT2D eigenvalue weighted by molar-refractivity contribution is 0.0952. The largest absolute Gasteiger partial charge is 0.375 e. The normalized spacial score (nSPS) is 10.6. The molecule has 0 bridgehead atoms. The quantitative estimate of drug-likeness (QED) is 0.266. The minimum Gasteiger partial charge on any atom is -0.375 e. The summed E-state index contributed by atoms with van der Waals surface area (Å²) in [6.45, 7) is 3.47. The smallest absolute Gasteiger partial charge is 0.251 e. The van der Waals surface area contributed by atoms with Crippen molar-refractivity contribution in [2.45, 2.75) is 22.4 Å². The molecule has 2 N–H and O–H groups in total. The number of amides is 1. The molecule has 2 heterocycles. The third-order valence-electron chi connectivity index (χ3n) is 5.21. The molecule has 0 fully saturated rings. The second-order valence-corrected chi connectivity index (χ2v) is 10.2. The molecule has 0 atom stereocenters. The van der Waals surface area contributed by atoms with Crippen LogP contribution in [0.15, 0.2) is 88.2 Å². The van der Waals surface area contributed by atoms with Gasteiger partial charge in [-0.3, -0.25) is 4.79 Å². The number of para-hydroxylation sites is 1. The van der Waals surface area contributed by atoms with Gasteiger partial charge in [0.1, 0.15) is 5.82 Å². The number of hydrogen-bond acceptors (Lipinski definition) is 7.